The fourth-order valence-corrected chi connectivity index (χ4v) is 3.28. The Morgan fingerprint density at radius 1 is 1.24 bits per heavy atom. The molecule has 0 aromatic rings. The van der Waals surface area contributed by atoms with E-state index in [0.717, 1.165) is 58.2 Å². The second kappa shape index (κ2) is 8.96. The second-order valence-electron chi connectivity index (χ2n) is 6.88. The summed E-state index contributed by atoms with van der Waals surface area (Å²) in [5, 5.41) is 0. The maximum atomic E-state index is 12.5. The molecule has 0 aromatic carbocycles. The van der Waals surface area contributed by atoms with Gasteiger partial charge >= 0.3 is 0 Å². The number of rotatable bonds is 4. The van der Waals surface area contributed by atoms with Gasteiger partial charge in [0.15, 0.2) is 0 Å². The quantitative estimate of drug-likeness (QED) is 0.867. The van der Waals surface area contributed by atoms with Gasteiger partial charge in [-0.2, -0.15) is 0 Å². The molecule has 2 aliphatic rings. The molecule has 1 aliphatic carbocycles. The summed E-state index contributed by atoms with van der Waals surface area (Å²) >= 11 is 0. The number of carbonyl (C=O) groups is 1. The van der Waals surface area contributed by atoms with Crippen LogP contribution in [0.4, 0.5) is 0 Å². The highest BCUT2D eigenvalue weighted by atomic mass is 35.5. The number of hydrogen-bond donors (Lipinski definition) is 1. The number of amides is 1. The molecule has 2 rings (SSSR count). The number of carbonyl (C=O) groups excluding carboxylic acids is 1. The molecular weight excluding hydrogens is 288 g/mol. The van der Waals surface area contributed by atoms with Crippen LogP contribution in [-0.2, 0) is 9.53 Å². The molecule has 2 N–H and O–H groups in total. The molecule has 2 unspecified atom stereocenters. The molecule has 5 heteroatoms. The van der Waals surface area contributed by atoms with Crippen LogP contribution in [0.1, 0.15) is 52.4 Å². The van der Waals surface area contributed by atoms with E-state index in [0.29, 0.717) is 17.9 Å². The van der Waals surface area contributed by atoms with Gasteiger partial charge in [-0.1, -0.05) is 20.3 Å². The van der Waals surface area contributed by atoms with Gasteiger partial charge in [-0.05, 0) is 38.0 Å². The standard InChI is InChI=1S/C16H30N2O2.ClH/c1-12(2)11-20-15-6-8-18(9-7-15)16(19)13-4-3-5-14(17)10-13;/h12-15H,3-11,17H2,1-2H3;1H. The first kappa shape index (κ1) is 18.7. The highest BCUT2D eigenvalue weighted by Crippen LogP contribution is 2.26. The van der Waals surface area contributed by atoms with Crippen LogP contribution >= 0.6 is 12.4 Å². The van der Waals surface area contributed by atoms with E-state index in [1.165, 1.54) is 0 Å². The van der Waals surface area contributed by atoms with Crippen molar-refractivity contribution >= 4 is 18.3 Å². The Balaban J connectivity index is 0.00000220. The van der Waals surface area contributed by atoms with Gasteiger partial charge < -0.3 is 15.4 Å². The predicted octanol–water partition coefficient (Wildman–Crippen LogP) is 2.59. The van der Waals surface area contributed by atoms with Crippen molar-refractivity contribution in [3.05, 3.63) is 0 Å². The summed E-state index contributed by atoms with van der Waals surface area (Å²) in [5.41, 5.74) is 5.99. The molecule has 1 saturated heterocycles. The minimum atomic E-state index is 0. The van der Waals surface area contributed by atoms with Gasteiger partial charge in [0, 0.05) is 31.7 Å². The van der Waals surface area contributed by atoms with Gasteiger partial charge in [0.1, 0.15) is 0 Å². The number of ether oxygens (including phenoxy) is 1. The molecule has 1 amide bonds. The Morgan fingerprint density at radius 2 is 1.90 bits per heavy atom. The molecule has 4 nitrogen and oxygen atoms in total. The average Bonchev–Trinajstić information content (AvgIpc) is 2.45. The molecule has 2 atom stereocenters. The van der Waals surface area contributed by atoms with E-state index in [9.17, 15) is 4.79 Å². The Bertz CT molecular complexity index is 317. The lowest BCUT2D eigenvalue weighted by atomic mass is 9.85. The molecule has 0 aromatic heterocycles. The third-order valence-corrected chi connectivity index (χ3v) is 4.48. The fourth-order valence-electron chi connectivity index (χ4n) is 3.28. The first-order valence-electron chi connectivity index (χ1n) is 8.22. The zero-order valence-corrected chi connectivity index (χ0v) is 14.2. The molecule has 2 fully saturated rings. The van der Waals surface area contributed by atoms with Crippen molar-refractivity contribution in [1.29, 1.82) is 0 Å². The maximum Gasteiger partial charge on any atom is 0.225 e. The number of nitrogens with zero attached hydrogens (tertiary/aromatic N) is 1. The molecule has 0 radical (unpaired) electrons. The van der Waals surface area contributed by atoms with Crippen molar-refractivity contribution in [2.75, 3.05) is 19.7 Å². The first-order chi connectivity index (χ1) is 9.56. The van der Waals surface area contributed by atoms with Crippen LogP contribution in [0.15, 0.2) is 0 Å². The Labute approximate surface area is 135 Å². The summed E-state index contributed by atoms with van der Waals surface area (Å²) in [5.74, 6) is 1.09. The van der Waals surface area contributed by atoms with Crippen LogP contribution < -0.4 is 5.73 Å². The highest BCUT2D eigenvalue weighted by molar-refractivity contribution is 5.85. The highest BCUT2D eigenvalue weighted by Gasteiger charge is 2.31. The van der Waals surface area contributed by atoms with Crippen LogP contribution in [0.3, 0.4) is 0 Å². The van der Waals surface area contributed by atoms with Crippen molar-refractivity contribution < 1.29 is 9.53 Å². The SMILES string of the molecule is CC(C)COC1CCN(C(=O)C2CCCC(N)C2)CC1.Cl. The van der Waals surface area contributed by atoms with Crippen molar-refractivity contribution in [3.63, 3.8) is 0 Å². The molecule has 1 aliphatic heterocycles. The van der Waals surface area contributed by atoms with Gasteiger partial charge in [0.25, 0.3) is 0 Å². The number of likely N-dealkylation sites (tertiary alicyclic amines) is 1. The normalized spacial score (nSPS) is 27.5. The summed E-state index contributed by atoms with van der Waals surface area (Å²) in [6, 6.07) is 0.226. The number of hydrogen-bond acceptors (Lipinski definition) is 3. The van der Waals surface area contributed by atoms with Crippen molar-refractivity contribution in [2.24, 2.45) is 17.6 Å². The molecule has 1 heterocycles. The van der Waals surface area contributed by atoms with E-state index in [1.54, 1.807) is 0 Å². The van der Waals surface area contributed by atoms with E-state index in [4.69, 9.17) is 10.5 Å². The van der Waals surface area contributed by atoms with Crippen LogP contribution in [0.25, 0.3) is 0 Å². The molecule has 21 heavy (non-hydrogen) atoms. The Kier molecular flexibility index (Phi) is 7.99. The van der Waals surface area contributed by atoms with E-state index >= 15 is 0 Å². The lowest BCUT2D eigenvalue weighted by Crippen LogP contribution is -2.45. The Hall–Kier alpha value is -0.320. The third kappa shape index (κ3) is 5.76. The average molecular weight is 319 g/mol. The molecular formula is C16H31ClN2O2. The molecule has 124 valence electrons. The summed E-state index contributed by atoms with van der Waals surface area (Å²) in [6.07, 6.45) is 6.39. The zero-order chi connectivity index (χ0) is 14.5. The Morgan fingerprint density at radius 3 is 2.48 bits per heavy atom. The number of nitrogens with two attached hydrogens (primary N) is 1. The maximum absolute atomic E-state index is 12.5. The largest absolute Gasteiger partial charge is 0.378 e. The number of halogens is 1. The van der Waals surface area contributed by atoms with E-state index in [-0.39, 0.29) is 24.4 Å². The van der Waals surface area contributed by atoms with Gasteiger partial charge in [-0.25, -0.2) is 0 Å². The summed E-state index contributed by atoms with van der Waals surface area (Å²) in [7, 11) is 0. The predicted molar refractivity (Wildman–Crippen MR) is 87.6 cm³/mol. The van der Waals surface area contributed by atoms with E-state index < -0.39 is 0 Å². The number of piperidine rings is 1. The summed E-state index contributed by atoms with van der Waals surface area (Å²) in [6.45, 7) is 6.88. The minimum absolute atomic E-state index is 0. The monoisotopic (exact) mass is 318 g/mol. The molecule has 1 saturated carbocycles. The zero-order valence-electron chi connectivity index (χ0n) is 13.4. The van der Waals surface area contributed by atoms with Gasteiger partial charge in [-0.15, -0.1) is 12.4 Å². The lowest BCUT2D eigenvalue weighted by Gasteiger charge is -2.36. The van der Waals surface area contributed by atoms with Crippen LogP contribution in [0.2, 0.25) is 0 Å². The summed E-state index contributed by atoms with van der Waals surface area (Å²) in [4.78, 5) is 14.5. The van der Waals surface area contributed by atoms with Crippen molar-refractivity contribution in [2.45, 2.75) is 64.5 Å². The van der Waals surface area contributed by atoms with Gasteiger partial charge in [0.05, 0.1) is 6.10 Å². The van der Waals surface area contributed by atoms with Crippen LogP contribution in [0.5, 0.6) is 0 Å². The van der Waals surface area contributed by atoms with Crippen LogP contribution in [-0.4, -0.2) is 42.6 Å². The first-order valence-corrected chi connectivity index (χ1v) is 8.22. The smallest absolute Gasteiger partial charge is 0.225 e. The van der Waals surface area contributed by atoms with E-state index in [2.05, 4.69) is 13.8 Å². The van der Waals surface area contributed by atoms with Crippen molar-refractivity contribution in [3.8, 4) is 0 Å². The fraction of sp³-hybridized carbons (Fsp3) is 0.938. The molecule has 0 spiro atoms. The molecule has 0 bridgehead atoms. The van der Waals surface area contributed by atoms with Gasteiger partial charge in [-0.3, -0.25) is 4.79 Å². The minimum Gasteiger partial charge on any atom is -0.378 e. The topological polar surface area (TPSA) is 55.6 Å². The van der Waals surface area contributed by atoms with Crippen molar-refractivity contribution in [1.82, 2.24) is 4.90 Å². The second-order valence-corrected chi connectivity index (χ2v) is 6.88. The lowest BCUT2D eigenvalue weighted by molar-refractivity contribution is -0.139. The third-order valence-electron chi connectivity index (χ3n) is 4.48. The van der Waals surface area contributed by atoms with Crippen LogP contribution in [0, 0.1) is 11.8 Å². The van der Waals surface area contributed by atoms with Gasteiger partial charge in [0.2, 0.25) is 5.91 Å². The van der Waals surface area contributed by atoms with E-state index in [1.807, 2.05) is 4.90 Å². The summed E-state index contributed by atoms with van der Waals surface area (Å²) < 4.78 is 5.88.